The minimum absolute atomic E-state index is 0.00389. The molecular formula is C28H32FN5O3. The number of halogens is 1. The number of hydrogen-bond donors (Lipinski definition) is 1. The summed E-state index contributed by atoms with van der Waals surface area (Å²) in [5.41, 5.74) is 1.73. The Kier molecular flexibility index (Phi) is 7.89. The summed E-state index contributed by atoms with van der Waals surface area (Å²) in [5, 5.41) is 8.29. The summed E-state index contributed by atoms with van der Waals surface area (Å²) in [6.07, 6.45) is 4.22. The Morgan fingerprint density at radius 1 is 1.00 bits per heavy atom. The van der Waals surface area contributed by atoms with Crippen LogP contribution in [0.2, 0.25) is 0 Å². The standard InChI is InChI=1S/C28H32FN5O3/c29-23-8-4-20(5-9-23)18-33-14-16-34(17-15-33)26(35)13-12-25-28(36)30-27(32-31-25)22-6-10-24(11-7-22)37-19-21-2-1-3-21/h4-11,21H,1-3,12-19H2,(H,30,32,36). The molecule has 9 heteroatoms. The molecule has 5 rings (SSSR count). The molecule has 1 aliphatic heterocycles. The van der Waals surface area contributed by atoms with E-state index in [1.807, 2.05) is 29.2 Å². The van der Waals surface area contributed by atoms with Crippen molar-refractivity contribution in [2.45, 2.75) is 38.6 Å². The van der Waals surface area contributed by atoms with Crippen molar-refractivity contribution in [3.05, 3.63) is 76.0 Å². The Hall–Kier alpha value is -3.59. The molecule has 1 aromatic heterocycles. The van der Waals surface area contributed by atoms with Gasteiger partial charge < -0.3 is 14.6 Å². The third kappa shape index (κ3) is 6.60. The van der Waals surface area contributed by atoms with Crippen LogP contribution in [0, 0.1) is 11.7 Å². The Bertz CT molecular complexity index is 1250. The Labute approximate surface area is 215 Å². The average Bonchev–Trinajstić information content (AvgIpc) is 2.89. The van der Waals surface area contributed by atoms with Gasteiger partial charge in [0.15, 0.2) is 5.82 Å². The molecule has 0 atom stereocenters. The lowest BCUT2D eigenvalue weighted by Gasteiger charge is -2.34. The predicted octanol–water partition coefficient (Wildman–Crippen LogP) is 3.43. The van der Waals surface area contributed by atoms with Crippen LogP contribution in [0.15, 0.2) is 53.3 Å². The molecule has 2 fully saturated rings. The smallest absolute Gasteiger partial charge is 0.273 e. The minimum Gasteiger partial charge on any atom is -0.493 e. The predicted molar refractivity (Wildman–Crippen MR) is 138 cm³/mol. The van der Waals surface area contributed by atoms with Crippen molar-refractivity contribution in [3.8, 4) is 17.1 Å². The number of nitrogens with zero attached hydrogens (tertiary/aromatic N) is 4. The molecule has 2 heterocycles. The maximum absolute atomic E-state index is 13.1. The largest absolute Gasteiger partial charge is 0.493 e. The number of benzene rings is 2. The summed E-state index contributed by atoms with van der Waals surface area (Å²) in [4.78, 5) is 32.2. The molecule has 2 aromatic carbocycles. The first-order valence-electron chi connectivity index (χ1n) is 13.0. The number of amides is 1. The van der Waals surface area contributed by atoms with Gasteiger partial charge in [-0.2, -0.15) is 0 Å². The molecule has 1 N–H and O–H groups in total. The van der Waals surface area contributed by atoms with Gasteiger partial charge in [0.1, 0.15) is 17.3 Å². The minimum atomic E-state index is -0.327. The van der Waals surface area contributed by atoms with Crippen LogP contribution in [0.4, 0.5) is 4.39 Å². The number of hydrogen-bond acceptors (Lipinski definition) is 6. The molecule has 0 unspecified atom stereocenters. The SMILES string of the molecule is O=C(CCc1nnc(-c2ccc(OCC3CCC3)cc2)[nH]c1=O)N1CCN(Cc2ccc(F)cc2)CC1. The number of aromatic amines is 1. The second kappa shape index (κ2) is 11.6. The van der Waals surface area contributed by atoms with Crippen molar-refractivity contribution in [2.24, 2.45) is 5.92 Å². The molecule has 1 amide bonds. The van der Waals surface area contributed by atoms with Gasteiger partial charge in [0.05, 0.1) is 6.61 Å². The second-order valence-electron chi connectivity index (χ2n) is 9.87. The van der Waals surface area contributed by atoms with E-state index in [0.717, 1.165) is 43.1 Å². The van der Waals surface area contributed by atoms with Gasteiger partial charge in [-0.1, -0.05) is 18.6 Å². The number of aryl methyl sites for hydroxylation is 1. The summed E-state index contributed by atoms with van der Waals surface area (Å²) in [5.74, 6) is 1.62. The van der Waals surface area contributed by atoms with E-state index in [-0.39, 0.29) is 35.8 Å². The zero-order chi connectivity index (χ0) is 25.6. The van der Waals surface area contributed by atoms with Crippen molar-refractivity contribution in [1.29, 1.82) is 0 Å². The van der Waals surface area contributed by atoms with Gasteiger partial charge in [0.25, 0.3) is 5.56 Å². The molecule has 8 nitrogen and oxygen atoms in total. The quantitative estimate of drug-likeness (QED) is 0.479. The molecule has 0 bridgehead atoms. The number of aromatic nitrogens is 3. The van der Waals surface area contributed by atoms with Crippen molar-refractivity contribution in [3.63, 3.8) is 0 Å². The van der Waals surface area contributed by atoms with E-state index in [0.29, 0.717) is 24.8 Å². The van der Waals surface area contributed by atoms with Gasteiger partial charge >= 0.3 is 0 Å². The third-order valence-electron chi connectivity index (χ3n) is 7.22. The van der Waals surface area contributed by atoms with Crippen molar-refractivity contribution >= 4 is 5.91 Å². The van der Waals surface area contributed by atoms with Crippen LogP contribution < -0.4 is 10.3 Å². The third-order valence-corrected chi connectivity index (χ3v) is 7.22. The van der Waals surface area contributed by atoms with Crippen LogP contribution in [0.1, 0.15) is 36.9 Å². The maximum Gasteiger partial charge on any atom is 0.273 e. The first-order chi connectivity index (χ1) is 18.0. The van der Waals surface area contributed by atoms with Gasteiger partial charge in [-0.15, -0.1) is 10.2 Å². The molecule has 1 saturated heterocycles. The van der Waals surface area contributed by atoms with E-state index in [4.69, 9.17) is 4.74 Å². The lowest BCUT2D eigenvalue weighted by atomic mass is 9.86. The van der Waals surface area contributed by atoms with E-state index in [2.05, 4.69) is 20.1 Å². The highest BCUT2D eigenvalue weighted by Gasteiger charge is 2.22. The van der Waals surface area contributed by atoms with E-state index in [9.17, 15) is 14.0 Å². The number of carbonyl (C=O) groups is 1. The number of rotatable bonds is 9. The number of nitrogens with one attached hydrogen (secondary N) is 1. The van der Waals surface area contributed by atoms with E-state index in [1.165, 1.54) is 31.4 Å². The summed E-state index contributed by atoms with van der Waals surface area (Å²) in [6, 6.07) is 14.0. The fourth-order valence-electron chi connectivity index (χ4n) is 4.62. The van der Waals surface area contributed by atoms with E-state index in [1.54, 1.807) is 12.1 Å². The number of piperazine rings is 1. The molecular weight excluding hydrogens is 473 g/mol. The molecule has 1 aliphatic carbocycles. The zero-order valence-corrected chi connectivity index (χ0v) is 20.9. The number of H-pyrrole nitrogens is 1. The van der Waals surface area contributed by atoms with Crippen molar-refractivity contribution < 1.29 is 13.9 Å². The number of ether oxygens (including phenoxy) is 1. The van der Waals surface area contributed by atoms with Crippen LogP contribution in [0.25, 0.3) is 11.4 Å². The van der Waals surface area contributed by atoms with Crippen LogP contribution in [0.5, 0.6) is 5.75 Å². The molecule has 3 aromatic rings. The number of carbonyl (C=O) groups excluding carboxylic acids is 1. The summed E-state index contributed by atoms with van der Waals surface area (Å²) in [6.45, 7) is 4.24. The molecule has 0 spiro atoms. The maximum atomic E-state index is 13.1. The van der Waals surface area contributed by atoms with Crippen molar-refractivity contribution in [1.82, 2.24) is 25.0 Å². The topological polar surface area (TPSA) is 91.4 Å². The van der Waals surface area contributed by atoms with Crippen LogP contribution in [-0.2, 0) is 17.8 Å². The van der Waals surface area contributed by atoms with Gasteiger partial charge in [-0.3, -0.25) is 14.5 Å². The average molecular weight is 506 g/mol. The lowest BCUT2D eigenvalue weighted by Crippen LogP contribution is -2.48. The van der Waals surface area contributed by atoms with Crippen molar-refractivity contribution in [2.75, 3.05) is 32.8 Å². The fourth-order valence-corrected chi connectivity index (χ4v) is 4.62. The molecule has 194 valence electrons. The molecule has 37 heavy (non-hydrogen) atoms. The summed E-state index contributed by atoms with van der Waals surface area (Å²) >= 11 is 0. The zero-order valence-electron chi connectivity index (χ0n) is 20.9. The Morgan fingerprint density at radius 3 is 2.38 bits per heavy atom. The lowest BCUT2D eigenvalue weighted by molar-refractivity contribution is -0.133. The highest BCUT2D eigenvalue weighted by atomic mass is 19.1. The molecule has 2 aliphatic rings. The van der Waals surface area contributed by atoms with E-state index < -0.39 is 0 Å². The van der Waals surface area contributed by atoms with Gasteiger partial charge in [0, 0.05) is 51.1 Å². The van der Waals surface area contributed by atoms with Crippen LogP contribution in [0.3, 0.4) is 0 Å². The monoisotopic (exact) mass is 505 g/mol. The normalized spacial score (nSPS) is 16.4. The first-order valence-corrected chi connectivity index (χ1v) is 13.0. The van der Waals surface area contributed by atoms with Crippen LogP contribution >= 0.6 is 0 Å². The summed E-state index contributed by atoms with van der Waals surface area (Å²) in [7, 11) is 0. The van der Waals surface area contributed by atoms with Gasteiger partial charge in [-0.05, 0) is 60.7 Å². The van der Waals surface area contributed by atoms with Gasteiger partial charge in [-0.25, -0.2) is 4.39 Å². The van der Waals surface area contributed by atoms with Gasteiger partial charge in [0.2, 0.25) is 5.91 Å². The van der Waals surface area contributed by atoms with Crippen LogP contribution in [-0.4, -0.2) is 63.7 Å². The highest BCUT2D eigenvalue weighted by molar-refractivity contribution is 5.76. The Balaban J connectivity index is 1.08. The molecule has 0 radical (unpaired) electrons. The second-order valence-corrected chi connectivity index (χ2v) is 9.87. The van der Waals surface area contributed by atoms with E-state index >= 15 is 0 Å². The first kappa shape index (κ1) is 25.1. The Morgan fingerprint density at radius 2 is 1.73 bits per heavy atom. The highest BCUT2D eigenvalue weighted by Crippen LogP contribution is 2.27. The molecule has 1 saturated carbocycles. The summed E-state index contributed by atoms with van der Waals surface area (Å²) < 4.78 is 18.9. The fraction of sp³-hybridized carbons (Fsp3) is 0.429.